The summed E-state index contributed by atoms with van der Waals surface area (Å²) in [6.07, 6.45) is 1.12. The predicted octanol–water partition coefficient (Wildman–Crippen LogP) is 2.53. The maximum Gasteiger partial charge on any atom is 0.356 e. The number of carbonyl (C=O) groups is 2. The molecule has 0 aliphatic carbocycles. The van der Waals surface area contributed by atoms with Gasteiger partial charge in [-0.15, -0.1) is 0 Å². The topological polar surface area (TPSA) is 129 Å². The number of aryl methyl sites for hydroxylation is 1. The molecule has 2 amide bonds. The molecule has 1 aromatic heterocycles. The molecular weight excluding hydrogens is 448 g/mol. The molecule has 174 valence electrons. The minimum Gasteiger partial charge on any atom is -0.497 e. The fraction of sp³-hybridized carbons (Fsp3) is 0.227. The monoisotopic (exact) mass is 472 g/mol. The van der Waals surface area contributed by atoms with Crippen LogP contribution in [-0.2, 0) is 21.6 Å². The summed E-state index contributed by atoms with van der Waals surface area (Å²) < 4.78 is 35.2. The van der Waals surface area contributed by atoms with Gasteiger partial charge in [-0.3, -0.25) is 10.00 Å². The van der Waals surface area contributed by atoms with E-state index in [-0.39, 0.29) is 16.4 Å². The SMILES string of the molecule is COC(=O)c1cc(NC(=O)NC(c2ccc(OC)cc2)c2cccc(S(C)(=O)=O)c2)nn1C. The average Bonchev–Trinajstić information content (AvgIpc) is 3.16. The van der Waals surface area contributed by atoms with E-state index >= 15 is 0 Å². The van der Waals surface area contributed by atoms with Gasteiger partial charge in [0.25, 0.3) is 0 Å². The molecule has 0 bridgehead atoms. The number of urea groups is 1. The normalized spacial score (nSPS) is 12.0. The Kier molecular flexibility index (Phi) is 7.02. The van der Waals surface area contributed by atoms with Gasteiger partial charge in [-0.2, -0.15) is 5.10 Å². The summed E-state index contributed by atoms with van der Waals surface area (Å²) in [4.78, 5) is 24.7. The van der Waals surface area contributed by atoms with E-state index in [1.165, 1.54) is 30.0 Å². The molecule has 0 aliphatic heterocycles. The Morgan fingerprint density at radius 2 is 1.73 bits per heavy atom. The number of ether oxygens (including phenoxy) is 2. The summed E-state index contributed by atoms with van der Waals surface area (Å²) in [7, 11) is 0.896. The van der Waals surface area contributed by atoms with Crippen molar-refractivity contribution < 1.29 is 27.5 Å². The highest BCUT2D eigenvalue weighted by atomic mass is 32.2. The molecule has 0 aliphatic rings. The van der Waals surface area contributed by atoms with Gasteiger partial charge in [-0.25, -0.2) is 18.0 Å². The maximum atomic E-state index is 12.8. The molecule has 1 heterocycles. The number of hydrogen-bond donors (Lipinski definition) is 2. The standard InChI is InChI=1S/C22H24N4O6S/c1-26-18(21(27)32-3)13-19(25-26)23-22(28)24-20(14-8-10-16(31-2)11-9-14)15-6-5-7-17(12-15)33(4,29)30/h5-13,20H,1-4H3,(H2,23,24,25,28). The van der Waals surface area contributed by atoms with E-state index in [2.05, 4.69) is 20.5 Å². The third-order valence-corrected chi connectivity index (χ3v) is 5.97. The third-order valence-electron chi connectivity index (χ3n) is 4.86. The molecule has 0 radical (unpaired) electrons. The highest BCUT2D eigenvalue weighted by Gasteiger charge is 2.21. The van der Waals surface area contributed by atoms with Gasteiger partial charge in [-0.1, -0.05) is 24.3 Å². The van der Waals surface area contributed by atoms with Crippen LogP contribution in [0.15, 0.2) is 59.5 Å². The Hall–Kier alpha value is -3.86. The van der Waals surface area contributed by atoms with Crippen LogP contribution in [0.3, 0.4) is 0 Å². The number of amides is 2. The Morgan fingerprint density at radius 3 is 2.33 bits per heavy atom. The van der Waals surface area contributed by atoms with Crippen molar-refractivity contribution in [3.8, 4) is 5.75 Å². The second-order valence-electron chi connectivity index (χ2n) is 7.18. The summed E-state index contributed by atoms with van der Waals surface area (Å²) >= 11 is 0. The first kappa shape index (κ1) is 23.8. The van der Waals surface area contributed by atoms with Gasteiger partial charge in [0.1, 0.15) is 11.4 Å². The second-order valence-corrected chi connectivity index (χ2v) is 9.20. The van der Waals surface area contributed by atoms with Gasteiger partial charge in [0, 0.05) is 19.4 Å². The van der Waals surface area contributed by atoms with Crippen molar-refractivity contribution in [3.05, 3.63) is 71.4 Å². The van der Waals surface area contributed by atoms with Crippen LogP contribution in [0.5, 0.6) is 5.75 Å². The predicted molar refractivity (Wildman–Crippen MR) is 121 cm³/mol. The zero-order chi connectivity index (χ0) is 24.2. The minimum atomic E-state index is -3.45. The van der Waals surface area contributed by atoms with Crippen molar-refractivity contribution in [1.29, 1.82) is 0 Å². The van der Waals surface area contributed by atoms with Crippen molar-refractivity contribution in [3.63, 3.8) is 0 Å². The lowest BCUT2D eigenvalue weighted by molar-refractivity contribution is 0.0588. The van der Waals surface area contributed by atoms with Crippen LogP contribution in [0.25, 0.3) is 0 Å². The van der Waals surface area contributed by atoms with E-state index in [1.807, 2.05) is 0 Å². The number of esters is 1. The zero-order valence-electron chi connectivity index (χ0n) is 18.5. The number of anilines is 1. The van der Waals surface area contributed by atoms with Gasteiger partial charge < -0.3 is 14.8 Å². The summed E-state index contributed by atoms with van der Waals surface area (Å²) in [5.41, 5.74) is 1.43. The number of hydrogen-bond acceptors (Lipinski definition) is 7. The summed E-state index contributed by atoms with van der Waals surface area (Å²) in [6, 6.07) is 13.5. The van der Waals surface area contributed by atoms with Gasteiger partial charge >= 0.3 is 12.0 Å². The van der Waals surface area contributed by atoms with E-state index in [9.17, 15) is 18.0 Å². The van der Waals surface area contributed by atoms with Gasteiger partial charge in [0.15, 0.2) is 15.7 Å². The average molecular weight is 473 g/mol. The molecule has 1 atom stereocenters. The highest BCUT2D eigenvalue weighted by Crippen LogP contribution is 2.26. The van der Waals surface area contributed by atoms with Crippen molar-refractivity contribution in [2.75, 3.05) is 25.8 Å². The van der Waals surface area contributed by atoms with Crippen LogP contribution < -0.4 is 15.4 Å². The molecule has 2 N–H and O–H groups in total. The molecule has 0 fully saturated rings. The van der Waals surface area contributed by atoms with Crippen molar-refractivity contribution >= 4 is 27.7 Å². The van der Waals surface area contributed by atoms with Crippen LogP contribution in [-0.4, -0.2) is 50.7 Å². The van der Waals surface area contributed by atoms with Crippen LogP contribution >= 0.6 is 0 Å². The molecular formula is C22H24N4O6S. The van der Waals surface area contributed by atoms with E-state index in [0.29, 0.717) is 16.9 Å². The number of aromatic nitrogens is 2. The molecule has 1 unspecified atom stereocenters. The lowest BCUT2D eigenvalue weighted by Crippen LogP contribution is -2.33. The van der Waals surface area contributed by atoms with Crippen molar-refractivity contribution in [1.82, 2.24) is 15.1 Å². The van der Waals surface area contributed by atoms with Crippen molar-refractivity contribution in [2.24, 2.45) is 7.05 Å². The second kappa shape index (κ2) is 9.74. The van der Waals surface area contributed by atoms with E-state index in [4.69, 9.17) is 4.74 Å². The van der Waals surface area contributed by atoms with Crippen LogP contribution in [0, 0.1) is 0 Å². The fourth-order valence-corrected chi connectivity index (χ4v) is 3.86. The molecule has 0 saturated heterocycles. The summed E-state index contributed by atoms with van der Waals surface area (Å²) in [6.45, 7) is 0. The first-order chi connectivity index (χ1) is 15.6. The Bertz CT molecular complexity index is 1270. The minimum absolute atomic E-state index is 0.133. The molecule has 10 nitrogen and oxygen atoms in total. The Labute approximate surface area is 191 Å². The molecule has 0 spiro atoms. The Morgan fingerprint density at radius 1 is 1.03 bits per heavy atom. The lowest BCUT2D eigenvalue weighted by atomic mass is 9.98. The van der Waals surface area contributed by atoms with Crippen LogP contribution in [0.2, 0.25) is 0 Å². The largest absolute Gasteiger partial charge is 0.497 e. The fourth-order valence-electron chi connectivity index (χ4n) is 3.19. The first-order valence-corrected chi connectivity index (χ1v) is 11.7. The molecule has 3 rings (SSSR count). The smallest absolute Gasteiger partial charge is 0.356 e. The zero-order valence-corrected chi connectivity index (χ0v) is 19.3. The molecule has 3 aromatic rings. The van der Waals surface area contributed by atoms with Crippen LogP contribution in [0.4, 0.5) is 10.6 Å². The number of nitrogens with zero attached hydrogens (tertiary/aromatic N) is 2. The summed E-state index contributed by atoms with van der Waals surface area (Å²) in [5.74, 6) is 0.191. The van der Waals surface area contributed by atoms with Gasteiger partial charge in [0.05, 0.1) is 25.2 Å². The van der Waals surface area contributed by atoms with Crippen molar-refractivity contribution in [2.45, 2.75) is 10.9 Å². The van der Waals surface area contributed by atoms with E-state index in [0.717, 1.165) is 6.26 Å². The number of nitrogens with one attached hydrogen (secondary N) is 2. The number of methoxy groups -OCH3 is 2. The number of sulfone groups is 1. The van der Waals surface area contributed by atoms with Gasteiger partial charge in [0.2, 0.25) is 0 Å². The molecule has 0 saturated carbocycles. The maximum absolute atomic E-state index is 12.8. The molecule has 11 heteroatoms. The molecule has 33 heavy (non-hydrogen) atoms. The Balaban J connectivity index is 1.91. The first-order valence-electron chi connectivity index (χ1n) is 9.76. The number of rotatable bonds is 7. The third kappa shape index (κ3) is 5.69. The molecule has 2 aromatic carbocycles. The summed E-state index contributed by atoms with van der Waals surface area (Å²) in [5, 5.41) is 9.51. The highest BCUT2D eigenvalue weighted by molar-refractivity contribution is 7.90. The van der Waals surface area contributed by atoms with Gasteiger partial charge in [-0.05, 0) is 35.4 Å². The number of benzene rings is 2. The quantitative estimate of drug-likeness (QED) is 0.506. The number of carbonyl (C=O) groups excluding carboxylic acids is 2. The lowest BCUT2D eigenvalue weighted by Gasteiger charge is -2.21. The van der Waals surface area contributed by atoms with Crippen LogP contribution in [0.1, 0.15) is 27.7 Å². The van der Waals surface area contributed by atoms with E-state index < -0.39 is 27.9 Å². The van der Waals surface area contributed by atoms with E-state index in [1.54, 1.807) is 50.6 Å².